The van der Waals surface area contributed by atoms with Crippen LogP contribution in [0.25, 0.3) is 0 Å². The molecule has 2 N–H and O–H groups in total. The molecule has 0 aliphatic heterocycles. The second-order valence-corrected chi connectivity index (χ2v) is 7.11. The molecule has 1 amide bonds. The summed E-state index contributed by atoms with van der Waals surface area (Å²) in [4.78, 5) is 12.7. The number of nitrogens with one attached hydrogen (secondary N) is 2. The summed E-state index contributed by atoms with van der Waals surface area (Å²) in [6.07, 6.45) is 4.74. The normalized spacial score (nSPS) is 21.1. The first kappa shape index (κ1) is 15.9. The Bertz CT molecular complexity index is 494. The molecule has 21 heavy (non-hydrogen) atoms. The summed E-state index contributed by atoms with van der Waals surface area (Å²) >= 11 is 0. The maximum Gasteiger partial charge on any atom is 0.253 e. The van der Waals surface area contributed by atoms with Crippen molar-refractivity contribution in [1.82, 2.24) is 5.32 Å². The molecule has 0 saturated heterocycles. The maximum atomic E-state index is 12.7. The highest BCUT2D eigenvalue weighted by molar-refractivity contribution is 5.99. The van der Waals surface area contributed by atoms with Gasteiger partial charge in [0, 0.05) is 17.8 Å². The lowest BCUT2D eigenvalue weighted by Crippen LogP contribution is -2.47. The molecule has 0 heterocycles. The van der Waals surface area contributed by atoms with E-state index in [0.29, 0.717) is 6.04 Å². The average molecular weight is 288 g/mol. The molecular weight excluding hydrogens is 260 g/mol. The number of rotatable bonds is 4. The zero-order valence-corrected chi connectivity index (χ0v) is 13.7. The van der Waals surface area contributed by atoms with E-state index < -0.39 is 0 Å². The number of carbonyl (C=O) groups excluding carboxylic acids is 1. The largest absolute Gasteiger partial charge is 0.382 e. The average Bonchev–Trinajstić information content (AvgIpc) is 2.41. The van der Waals surface area contributed by atoms with Crippen molar-refractivity contribution >= 4 is 11.6 Å². The van der Waals surface area contributed by atoms with Crippen LogP contribution in [0.2, 0.25) is 0 Å². The molecule has 1 saturated carbocycles. The van der Waals surface area contributed by atoms with E-state index in [1.54, 1.807) is 0 Å². The first-order valence-corrected chi connectivity index (χ1v) is 8.06. The molecule has 3 nitrogen and oxygen atoms in total. The van der Waals surface area contributed by atoms with Gasteiger partial charge in [0.1, 0.15) is 0 Å². The number of hydrogen-bond donors (Lipinski definition) is 2. The first-order valence-electron chi connectivity index (χ1n) is 8.06. The van der Waals surface area contributed by atoms with Crippen LogP contribution in [-0.4, -0.2) is 18.0 Å². The van der Waals surface area contributed by atoms with E-state index in [1.165, 1.54) is 19.3 Å². The molecule has 0 bridgehead atoms. The molecule has 1 aromatic rings. The molecule has 1 fully saturated rings. The molecule has 1 unspecified atom stereocenters. The van der Waals surface area contributed by atoms with E-state index in [1.807, 2.05) is 24.3 Å². The van der Waals surface area contributed by atoms with E-state index in [-0.39, 0.29) is 17.4 Å². The van der Waals surface area contributed by atoms with E-state index in [4.69, 9.17) is 0 Å². The highest BCUT2D eigenvalue weighted by Crippen LogP contribution is 2.35. The van der Waals surface area contributed by atoms with Crippen LogP contribution in [0.15, 0.2) is 24.3 Å². The molecule has 1 aromatic carbocycles. The van der Waals surface area contributed by atoms with Crippen molar-refractivity contribution in [3.63, 3.8) is 0 Å². The Balaban J connectivity index is 2.13. The number of para-hydroxylation sites is 1. The Hall–Kier alpha value is -1.51. The summed E-state index contributed by atoms with van der Waals surface area (Å²) < 4.78 is 0. The monoisotopic (exact) mass is 288 g/mol. The minimum absolute atomic E-state index is 0.0405. The number of carbonyl (C=O) groups is 1. The van der Waals surface area contributed by atoms with Crippen LogP contribution in [0.5, 0.6) is 0 Å². The summed E-state index contributed by atoms with van der Waals surface area (Å²) in [6.45, 7) is 8.68. The number of amides is 1. The van der Waals surface area contributed by atoms with Gasteiger partial charge in [0.2, 0.25) is 0 Å². The third-order valence-electron chi connectivity index (χ3n) is 4.43. The molecule has 3 heteroatoms. The standard InChI is InChI=1S/C18H28N2O/c1-13(2)19-15-10-6-5-9-14(15)17(21)20-16-11-7-8-12-18(16,3)4/h5-6,9-10,13,16,19H,7-8,11-12H2,1-4H3,(H,20,21). The van der Waals surface area contributed by atoms with Gasteiger partial charge < -0.3 is 10.6 Å². The Kier molecular flexibility index (Phi) is 4.92. The summed E-state index contributed by atoms with van der Waals surface area (Å²) in [7, 11) is 0. The molecule has 0 aromatic heterocycles. The van der Waals surface area contributed by atoms with Crippen molar-refractivity contribution < 1.29 is 4.79 Å². The number of benzene rings is 1. The van der Waals surface area contributed by atoms with Gasteiger partial charge in [0.05, 0.1) is 5.56 Å². The van der Waals surface area contributed by atoms with Gasteiger partial charge in [0.15, 0.2) is 0 Å². The smallest absolute Gasteiger partial charge is 0.253 e. The third kappa shape index (κ3) is 3.99. The quantitative estimate of drug-likeness (QED) is 0.871. The van der Waals surface area contributed by atoms with Crippen LogP contribution in [0, 0.1) is 5.41 Å². The summed E-state index contributed by atoms with van der Waals surface area (Å²) in [5.41, 5.74) is 1.85. The Morgan fingerprint density at radius 3 is 2.62 bits per heavy atom. The van der Waals surface area contributed by atoms with Crippen LogP contribution < -0.4 is 10.6 Å². The zero-order valence-electron chi connectivity index (χ0n) is 13.7. The van der Waals surface area contributed by atoms with Gasteiger partial charge in [-0.25, -0.2) is 0 Å². The van der Waals surface area contributed by atoms with E-state index in [2.05, 4.69) is 38.3 Å². The van der Waals surface area contributed by atoms with Gasteiger partial charge in [-0.1, -0.05) is 38.8 Å². The molecule has 1 atom stereocenters. The summed E-state index contributed by atoms with van der Waals surface area (Å²) in [5.74, 6) is 0.0405. The molecule has 1 aliphatic carbocycles. The van der Waals surface area contributed by atoms with Gasteiger partial charge >= 0.3 is 0 Å². The lowest BCUT2D eigenvalue weighted by molar-refractivity contribution is 0.0854. The fourth-order valence-electron chi connectivity index (χ4n) is 3.12. The van der Waals surface area contributed by atoms with Crippen molar-refractivity contribution in [1.29, 1.82) is 0 Å². The van der Waals surface area contributed by atoms with Gasteiger partial charge in [-0.3, -0.25) is 4.79 Å². The fourth-order valence-corrected chi connectivity index (χ4v) is 3.12. The zero-order chi connectivity index (χ0) is 15.5. The Labute approximate surface area is 128 Å². The Morgan fingerprint density at radius 1 is 1.24 bits per heavy atom. The third-order valence-corrected chi connectivity index (χ3v) is 4.43. The van der Waals surface area contributed by atoms with E-state index in [0.717, 1.165) is 17.7 Å². The molecule has 0 spiro atoms. The van der Waals surface area contributed by atoms with Crippen molar-refractivity contribution in [2.75, 3.05) is 5.32 Å². The van der Waals surface area contributed by atoms with Gasteiger partial charge in [-0.2, -0.15) is 0 Å². The minimum atomic E-state index is 0.0405. The molecule has 116 valence electrons. The van der Waals surface area contributed by atoms with E-state index in [9.17, 15) is 4.79 Å². The predicted molar refractivity (Wildman–Crippen MR) is 88.7 cm³/mol. The molecule has 1 aliphatic rings. The van der Waals surface area contributed by atoms with Crippen LogP contribution in [0.1, 0.15) is 63.7 Å². The van der Waals surface area contributed by atoms with Crippen LogP contribution in [0.4, 0.5) is 5.69 Å². The van der Waals surface area contributed by atoms with Crippen molar-refractivity contribution in [3.05, 3.63) is 29.8 Å². The second kappa shape index (κ2) is 6.50. The summed E-state index contributed by atoms with van der Waals surface area (Å²) in [6, 6.07) is 8.34. The number of anilines is 1. The fraction of sp³-hybridized carbons (Fsp3) is 0.611. The first-order chi connectivity index (χ1) is 9.90. The van der Waals surface area contributed by atoms with Crippen LogP contribution in [0.3, 0.4) is 0 Å². The topological polar surface area (TPSA) is 41.1 Å². The predicted octanol–water partition coefficient (Wildman–Crippen LogP) is 4.21. The molecule has 0 radical (unpaired) electrons. The van der Waals surface area contributed by atoms with Gasteiger partial charge in [-0.15, -0.1) is 0 Å². The van der Waals surface area contributed by atoms with Crippen molar-refractivity contribution in [3.8, 4) is 0 Å². The highest BCUT2D eigenvalue weighted by atomic mass is 16.1. The Morgan fingerprint density at radius 2 is 1.95 bits per heavy atom. The molecular formula is C18H28N2O. The summed E-state index contributed by atoms with van der Waals surface area (Å²) in [5, 5.41) is 6.61. The maximum absolute atomic E-state index is 12.7. The van der Waals surface area contributed by atoms with Gasteiger partial charge in [0.25, 0.3) is 5.91 Å². The minimum Gasteiger partial charge on any atom is -0.382 e. The SMILES string of the molecule is CC(C)Nc1ccccc1C(=O)NC1CCCCC1(C)C. The number of hydrogen-bond acceptors (Lipinski definition) is 2. The second-order valence-electron chi connectivity index (χ2n) is 7.11. The lowest BCUT2D eigenvalue weighted by Gasteiger charge is -2.39. The van der Waals surface area contributed by atoms with Crippen LogP contribution >= 0.6 is 0 Å². The van der Waals surface area contributed by atoms with Crippen molar-refractivity contribution in [2.24, 2.45) is 5.41 Å². The highest BCUT2D eigenvalue weighted by Gasteiger charge is 2.33. The van der Waals surface area contributed by atoms with E-state index >= 15 is 0 Å². The van der Waals surface area contributed by atoms with Gasteiger partial charge in [-0.05, 0) is 44.2 Å². The molecule has 2 rings (SSSR count). The lowest BCUT2D eigenvalue weighted by atomic mass is 9.73. The van der Waals surface area contributed by atoms with Crippen LogP contribution in [-0.2, 0) is 0 Å². The van der Waals surface area contributed by atoms with Crippen molar-refractivity contribution in [2.45, 2.75) is 65.5 Å².